The zero-order valence-electron chi connectivity index (χ0n) is 14.5. The fraction of sp³-hybridized carbons (Fsp3) is 0.778. The van der Waals surface area contributed by atoms with Gasteiger partial charge in [-0.05, 0) is 31.1 Å². The molecule has 1 heterocycles. The maximum absolute atomic E-state index is 11.7. The molecule has 23 heavy (non-hydrogen) atoms. The smallest absolute Gasteiger partial charge is 0.357 e. The zero-order valence-corrected chi connectivity index (χ0v) is 15.3. The van der Waals surface area contributed by atoms with Crippen molar-refractivity contribution in [2.24, 2.45) is 17.8 Å². The molecule has 2 atom stereocenters. The Kier molecular flexibility index (Phi) is 7.03. The fourth-order valence-corrected chi connectivity index (χ4v) is 3.71. The third-order valence-corrected chi connectivity index (χ3v) is 5.59. The standard InChI is InChI=1S/C18H29NO3S/c1-4-22-18(21)15-11-23-17(19-15)16(20)10-14(12(2)3)7-5-6-13-8-9-13/h11-14,16,20H,4-10H2,1-3H3. The molecular weight excluding hydrogens is 310 g/mol. The van der Waals surface area contributed by atoms with Crippen molar-refractivity contribution in [1.29, 1.82) is 0 Å². The molecule has 0 spiro atoms. The van der Waals surface area contributed by atoms with Crippen LogP contribution in [0.3, 0.4) is 0 Å². The van der Waals surface area contributed by atoms with Crippen LogP contribution in [0, 0.1) is 17.8 Å². The largest absolute Gasteiger partial charge is 0.461 e. The van der Waals surface area contributed by atoms with Crippen molar-refractivity contribution in [3.63, 3.8) is 0 Å². The molecule has 1 N–H and O–H groups in total. The molecule has 0 amide bonds. The number of carbonyl (C=O) groups is 1. The summed E-state index contributed by atoms with van der Waals surface area (Å²) in [6.45, 7) is 6.56. The maximum Gasteiger partial charge on any atom is 0.357 e. The lowest BCUT2D eigenvalue weighted by molar-refractivity contribution is 0.0519. The van der Waals surface area contributed by atoms with Gasteiger partial charge in [0, 0.05) is 5.38 Å². The number of thiazole rings is 1. The molecule has 2 rings (SSSR count). The van der Waals surface area contributed by atoms with Gasteiger partial charge in [-0.2, -0.15) is 0 Å². The Morgan fingerprint density at radius 1 is 1.48 bits per heavy atom. The van der Waals surface area contributed by atoms with E-state index in [4.69, 9.17) is 4.74 Å². The van der Waals surface area contributed by atoms with Crippen LogP contribution in [0.5, 0.6) is 0 Å². The molecule has 1 saturated carbocycles. The first-order chi connectivity index (χ1) is 11.0. The number of aliphatic hydroxyl groups is 1. The second-order valence-electron chi connectivity index (χ2n) is 6.92. The molecule has 2 unspecified atom stereocenters. The molecule has 1 fully saturated rings. The van der Waals surface area contributed by atoms with Crippen molar-refractivity contribution in [2.75, 3.05) is 6.61 Å². The Hall–Kier alpha value is -0.940. The van der Waals surface area contributed by atoms with Crippen LogP contribution in [-0.4, -0.2) is 22.7 Å². The number of hydrogen-bond donors (Lipinski definition) is 1. The first-order valence-corrected chi connectivity index (χ1v) is 9.69. The molecule has 0 saturated heterocycles. The lowest BCUT2D eigenvalue weighted by atomic mass is 9.85. The van der Waals surface area contributed by atoms with Gasteiger partial charge in [0.1, 0.15) is 11.1 Å². The average molecular weight is 340 g/mol. The number of aromatic nitrogens is 1. The van der Waals surface area contributed by atoms with Gasteiger partial charge in [0.2, 0.25) is 0 Å². The van der Waals surface area contributed by atoms with E-state index in [-0.39, 0.29) is 0 Å². The van der Waals surface area contributed by atoms with E-state index < -0.39 is 12.1 Å². The number of esters is 1. The van der Waals surface area contributed by atoms with Gasteiger partial charge < -0.3 is 9.84 Å². The molecule has 1 aromatic heterocycles. The summed E-state index contributed by atoms with van der Waals surface area (Å²) in [5.74, 6) is 1.61. The van der Waals surface area contributed by atoms with Gasteiger partial charge >= 0.3 is 5.97 Å². The van der Waals surface area contributed by atoms with Gasteiger partial charge in [-0.15, -0.1) is 11.3 Å². The maximum atomic E-state index is 11.7. The van der Waals surface area contributed by atoms with Gasteiger partial charge in [0.05, 0.1) is 6.61 Å². The molecule has 5 heteroatoms. The first-order valence-electron chi connectivity index (χ1n) is 8.81. The number of hydrogen-bond acceptors (Lipinski definition) is 5. The minimum Gasteiger partial charge on any atom is -0.461 e. The van der Waals surface area contributed by atoms with Crippen molar-refractivity contribution < 1.29 is 14.6 Å². The molecule has 0 radical (unpaired) electrons. The topological polar surface area (TPSA) is 59.4 Å². The molecule has 0 aliphatic heterocycles. The molecular formula is C18H29NO3S. The van der Waals surface area contributed by atoms with Crippen molar-refractivity contribution in [2.45, 2.75) is 65.4 Å². The number of rotatable bonds is 10. The fourth-order valence-electron chi connectivity index (χ4n) is 2.93. The summed E-state index contributed by atoms with van der Waals surface area (Å²) in [7, 11) is 0. The van der Waals surface area contributed by atoms with Crippen LogP contribution in [0.25, 0.3) is 0 Å². The Bertz CT molecular complexity index is 496. The zero-order chi connectivity index (χ0) is 16.8. The lowest BCUT2D eigenvalue weighted by Gasteiger charge is -2.23. The predicted molar refractivity (Wildman–Crippen MR) is 92.6 cm³/mol. The second-order valence-corrected chi connectivity index (χ2v) is 7.81. The average Bonchev–Trinajstić information content (AvgIpc) is 3.19. The van der Waals surface area contributed by atoms with Crippen LogP contribution in [0.4, 0.5) is 0 Å². The normalized spacial score (nSPS) is 17.3. The van der Waals surface area contributed by atoms with Gasteiger partial charge in [-0.25, -0.2) is 9.78 Å². The van der Waals surface area contributed by atoms with Gasteiger partial charge in [-0.3, -0.25) is 0 Å². The Balaban J connectivity index is 1.86. The molecule has 1 aromatic rings. The first kappa shape index (κ1) is 18.4. The SMILES string of the molecule is CCOC(=O)c1csc(C(O)CC(CCCC2CC2)C(C)C)n1. The quantitative estimate of drug-likeness (QED) is 0.633. The molecule has 130 valence electrons. The minimum atomic E-state index is -0.587. The highest BCUT2D eigenvalue weighted by molar-refractivity contribution is 7.09. The van der Waals surface area contributed by atoms with Crippen LogP contribution < -0.4 is 0 Å². The Morgan fingerprint density at radius 2 is 2.22 bits per heavy atom. The summed E-state index contributed by atoms with van der Waals surface area (Å²) in [5, 5.41) is 12.8. The van der Waals surface area contributed by atoms with Crippen LogP contribution in [0.1, 0.15) is 80.9 Å². The van der Waals surface area contributed by atoms with Crippen LogP contribution in [-0.2, 0) is 4.74 Å². The third kappa shape index (κ3) is 5.88. The Labute approximate surface area is 143 Å². The summed E-state index contributed by atoms with van der Waals surface area (Å²) in [6, 6.07) is 0. The Morgan fingerprint density at radius 3 is 2.83 bits per heavy atom. The lowest BCUT2D eigenvalue weighted by Crippen LogP contribution is -2.14. The van der Waals surface area contributed by atoms with E-state index in [0.717, 1.165) is 12.3 Å². The summed E-state index contributed by atoms with van der Waals surface area (Å²) < 4.78 is 4.95. The second kappa shape index (κ2) is 8.78. The summed E-state index contributed by atoms with van der Waals surface area (Å²) in [6.07, 6.45) is 6.71. The van der Waals surface area contributed by atoms with Crippen LogP contribution >= 0.6 is 11.3 Å². The highest BCUT2D eigenvalue weighted by Crippen LogP contribution is 2.36. The highest BCUT2D eigenvalue weighted by atomic mass is 32.1. The monoisotopic (exact) mass is 339 g/mol. The summed E-state index contributed by atoms with van der Waals surface area (Å²) >= 11 is 1.34. The van der Waals surface area contributed by atoms with Crippen molar-refractivity contribution in [1.82, 2.24) is 4.98 Å². The van der Waals surface area contributed by atoms with E-state index in [1.807, 2.05) is 0 Å². The number of ether oxygens (including phenoxy) is 1. The van der Waals surface area contributed by atoms with E-state index in [1.165, 1.54) is 43.4 Å². The molecule has 1 aliphatic rings. The molecule has 0 bridgehead atoms. The third-order valence-electron chi connectivity index (χ3n) is 4.64. The van der Waals surface area contributed by atoms with E-state index in [2.05, 4.69) is 18.8 Å². The predicted octanol–water partition coefficient (Wildman–Crippen LogP) is 4.60. The highest BCUT2D eigenvalue weighted by Gasteiger charge is 2.24. The van der Waals surface area contributed by atoms with Crippen LogP contribution in [0.2, 0.25) is 0 Å². The van der Waals surface area contributed by atoms with E-state index in [1.54, 1.807) is 12.3 Å². The van der Waals surface area contributed by atoms with Crippen molar-refractivity contribution >= 4 is 17.3 Å². The van der Waals surface area contributed by atoms with Gasteiger partial charge in [0.15, 0.2) is 5.69 Å². The van der Waals surface area contributed by atoms with E-state index >= 15 is 0 Å². The van der Waals surface area contributed by atoms with Crippen molar-refractivity contribution in [3.05, 3.63) is 16.1 Å². The van der Waals surface area contributed by atoms with Crippen LogP contribution in [0.15, 0.2) is 5.38 Å². The molecule has 1 aliphatic carbocycles. The summed E-state index contributed by atoms with van der Waals surface area (Å²) in [5.41, 5.74) is 0.306. The van der Waals surface area contributed by atoms with E-state index in [9.17, 15) is 9.90 Å². The number of nitrogens with zero attached hydrogens (tertiary/aromatic N) is 1. The van der Waals surface area contributed by atoms with Crippen molar-refractivity contribution in [3.8, 4) is 0 Å². The minimum absolute atomic E-state index is 0.306. The molecule has 0 aromatic carbocycles. The number of aliphatic hydroxyl groups excluding tert-OH is 1. The van der Waals surface area contributed by atoms with Gasteiger partial charge in [0.25, 0.3) is 0 Å². The number of carbonyl (C=O) groups excluding carboxylic acids is 1. The summed E-state index contributed by atoms with van der Waals surface area (Å²) in [4.78, 5) is 15.9. The molecule has 4 nitrogen and oxygen atoms in total. The van der Waals surface area contributed by atoms with Gasteiger partial charge in [-0.1, -0.05) is 46.0 Å². The van der Waals surface area contributed by atoms with E-state index in [0.29, 0.717) is 29.1 Å².